The fourth-order valence-corrected chi connectivity index (χ4v) is 1.10. The third-order valence-corrected chi connectivity index (χ3v) is 1.63. The third-order valence-electron chi connectivity index (χ3n) is 1.63. The second-order valence-corrected chi connectivity index (χ2v) is 2.39. The molecule has 1 aliphatic heterocycles. The molecule has 2 rings (SSSR count). The van der Waals surface area contributed by atoms with Crippen molar-refractivity contribution in [2.75, 3.05) is 6.61 Å². The second kappa shape index (κ2) is 1.97. The van der Waals surface area contributed by atoms with Crippen molar-refractivity contribution in [3.63, 3.8) is 0 Å². The lowest BCUT2D eigenvalue weighted by atomic mass is 10.1. The zero-order valence-corrected chi connectivity index (χ0v) is 5.58. The largest absolute Gasteiger partial charge is 0.491 e. The van der Waals surface area contributed by atoms with E-state index < -0.39 is 0 Å². The Labute approximate surface area is 59.9 Å². The Morgan fingerprint density at radius 2 is 2.60 bits per heavy atom. The highest BCUT2D eigenvalue weighted by molar-refractivity contribution is 5.34. The maximum atomic E-state index is 5.29. The standard InChI is InChI=1S/C8H8NO/c1-6-5-10-7-3-2-4-9-8(6)7/h2-4,6H,1,5H2. The smallest absolute Gasteiger partial charge is 0.141 e. The number of ether oxygens (including phenoxy) is 1. The maximum Gasteiger partial charge on any atom is 0.141 e. The van der Waals surface area contributed by atoms with Crippen LogP contribution in [0.25, 0.3) is 0 Å². The molecule has 51 valence electrons. The van der Waals surface area contributed by atoms with Gasteiger partial charge in [-0.3, -0.25) is 4.98 Å². The molecule has 0 saturated carbocycles. The van der Waals surface area contributed by atoms with Crippen LogP contribution < -0.4 is 4.74 Å². The molecular formula is C8H8NO. The lowest BCUT2D eigenvalue weighted by molar-refractivity contribution is 0.344. The predicted molar refractivity (Wildman–Crippen MR) is 37.8 cm³/mol. The summed E-state index contributed by atoms with van der Waals surface area (Å²) in [5.41, 5.74) is 0.988. The number of hydrogen-bond donors (Lipinski definition) is 0. The molecule has 1 aliphatic rings. The van der Waals surface area contributed by atoms with Crippen LogP contribution >= 0.6 is 0 Å². The first-order valence-corrected chi connectivity index (χ1v) is 3.29. The molecule has 2 nitrogen and oxygen atoms in total. The van der Waals surface area contributed by atoms with Crippen molar-refractivity contribution >= 4 is 0 Å². The van der Waals surface area contributed by atoms with Crippen molar-refractivity contribution in [1.29, 1.82) is 0 Å². The summed E-state index contributed by atoms with van der Waals surface area (Å²) >= 11 is 0. The first-order chi connectivity index (χ1) is 4.88. The molecule has 0 fully saturated rings. The average molecular weight is 134 g/mol. The van der Waals surface area contributed by atoms with E-state index in [1.165, 1.54) is 0 Å². The first-order valence-electron chi connectivity index (χ1n) is 3.29. The summed E-state index contributed by atoms with van der Waals surface area (Å²) in [5, 5.41) is 0. The van der Waals surface area contributed by atoms with Crippen LogP contribution in [0.1, 0.15) is 11.6 Å². The van der Waals surface area contributed by atoms with E-state index in [2.05, 4.69) is 11.9 Å². The van der Waals surface area contributed by atoms with Crippen LogP contribution in [0.2, 0.25) is 0 Å². The van der Waals surface area contributed by atoms with Crippen LogP contribution in [-0.2, 0) is 0 Å². The maximum absolute atomic E-state index is 5.29. The van der Waals surface area contributed by atoms with E-state index in [1.807, 2.05) is 12.1 Å². The van der Waals surface area contributed by atoms with Crippen molar-refractivity contribution in [2.24, 2.45) is 0 Å². The van der Waals surface area contributed by atoms with Crippen LogP contribution in [0.15, 0.2) is 18.3 Å². The van der Waals surface area contributed by atoms with Gasteiger partial charge in [-0.1, -0.05) is 0 Å². The van der Waals surface area contributed by atoms with E-state index in [0.717, 1.165) is 11.4 Å². The Hall–Kier alpha value is -1.05. The quantitative estimate of drug-likeness (QED) is 0.535. The zero-order chi connectivity index (χ0) is 6.97. The summed E-state index contributed by atoms with van der Waals surface area (Å²) in [6.07, 6.45) is 1.77. The lowest BCUT2D eigenvalue weighted by Gasteiger charge is -1.95. The minimum Gasteiger partial charge on any atom is -0.491 e. The summed E-state index contributed by atoms with van der Waals surface area (Å²) in [6.45, 7) is 4.56. The van der Waals surface area contributed by atoms with Gasteiger partial charge < -0.3 is 4.74 Å². The van der Waals surface area contributed by atoms with Gasteiger partial charge in [-0.15, -0.1) is 0 Å². The monoisotopic (exact) mass is 134 g/mol. The molecule has 0 N–H and O–H groups in total. The van der Waals surface area contributed by atoms with E-state index >= 15 is 0 Å². The summed E-state index contributed by atoms with van der Waals surface area (Å²) in [4.78, 5) is 4.15. The number of hydrogen-bond acceptors (Lipinski definition) is 2. The minimum absolute atomic E-state index is 0.219. The molecule has 1 unspecified atom stereocenters. The number of nitrogens with zero attached hydrogens (tertiary/aromatic N) is 1. The highest BCUT2D eigenvalue weighted by Crippen LogP contribution is 2.30. The van der Waals surface area contributed by atoms with Crippen LogP contribution in [-0.4, -0.2) is 11.6 Å². The van der Waals surface area contributed by atoms with Crippen LogP contribution in [0.5, 0.6) is 5.75 Å². The fourth-order valence-electron chi connectivity index (χ4n) is 1.10. The Kier molecular flexibility index (Phi) is 1.13. The molecule has 2 heterocycles. The van der Waals surface area contributed by atoms with Crippen molar-refractivity contribution in [2.45, 2.75) is 5.92 Å². The van der Waals surface area contributed by atoms with Gasteiger partial charge in [-0.25, -0.2) is 0 Å². The normalized spacial score (nSPS) is 21.9. The van der Waals surface area contributed by atoms with Gasteiger partial charge in [0.05, 0.1) is 12.3 Å². The average Bonchev–Trinajstić information content (AvgIpc) is 2.34. The highest BCUT2D eigenvalue weighted by Gasteiger charge is 2.20. The van der Waals surface area contributed by atoms with E-state index in [1.54, 1.807) is 6.20 Å². The highest BCUT2D eigenvalue weighted by atomic mass is 16.5. The molecule has 0 amide bonds. The van der Waals surface area contributed by atoms with Gasteiger partial charge in [0.1, 0.15) is 5.75 Å². The Morgan fingerprint density at radius 3 is 3.40 bits per heavy atom. The van der Waals surface area contributed by atoms with Crippen molar-refractivity contribution in [3.8, 4) is 5.75 Å². The molecule has 1 atom stereocenters. The molecule has 0 aromatic carbocycles. The first kappa shape index (κ1) is 5.71. The molecule has 2 heteroatoms. The van der Waals surface area contributed by atoms with Crippen molar-refractivity contribution in [1.82, 2.24) is 4.98 Å². The molecule has 0 saturated heterocycles. The van der Waals surface area contributed by atoms with Crippen LogP contribution in [0, 0.1) is 6.92 Å². The molecule has 1 aromatic heterocycles. The van der Waals surface area contributed by atoms with Gasteiger partial charge in [-0.2, -0.15) is 0 Å². The molecular weight excluding hydrogens is 126 g/mol. The molecule has 0 spiro atoms. The van der Waals surface area contributed by atoms with Crippen molar-refractivity contribution in [3.05, 3.63) is 30.9 Å². The number of pyridine rings is 1. The van der Waals surface area contributed by atoms with Gasteiger partial charge in [0.25, 0.3) is 0 Å². The van der Waals surface area contributed by atoms with Gasteiger partial charge in [0.15, 0.2) is 0 Å². The minimum atomic E-state index is 0.219. The Bertz CT molecular complexity index is 247. The van der Waals surface area contributed by atoms with E-state index in [4.69, 9.17) is 4.74 Å². The summed E-state index contributed by atoms with van der Waals surface area (Å²) in [6, 6.07) is 3.80. The molecule has 1 radical (unpaired) electrons. The summed E-state index contributed by atoms with van der Waals surface area (Å²) in [5.74, 6) is 1.11. The van der Waals surface area contributed by atoms with E-state index in [-0.39, 0.29) is 5.92 Å². The van der Waals surface area contributed by atoms with Gasteiger partial charge >= 0.3 is 0 Å². The van der Waals surface area contributed by atoms with E-state index in [9.17, 15) is 0 Å². The Morgan fingerprint density at radius 1 is 1.70 bits per heavy atom. The molecule has 1 aromatic rings. The van der Waals surface area contributed by atoms with Crippen molar-refractivity contribution < 1.29 is 4.74 Å². The van der Waals surface area contributed by atoms with Crippen LogP contribution in [0.4, 0.5) is 0 Å². The van der Waals surface area contributed by atoms with Gasteiger partial charge in [0.2, 0.25) is 0 Å². The molecule has 10 heavy (non-hydrogen) atoms. The number of rotatable bonds is 0. The SMILES string of the molecule is [CH2]C1COc2cccnc21. The predicted octanol–water partition coefficient (Wildman–Crippen LogP) is 1.39. The van der Waals surface area contributed by atoms with Crippen LogP contribution in [0.3, 0.4) is 0 Å². The molecule has 0 bridgehead atoms. The van der Waals surface area contributed by atoms with Gasteiger partial charge in [-0.05, 0) is 19.1 Å². The topological polar surface area (TPSA) is 22.1 Å². The molecule has 0 aliphatic carbocycles. The number of aromatic nitrogens is 1. The summed E-state index contributed by atoms with van der Waals surface area (Å²) in [7, 11) is 0. The zero-order valence-electron chi connectivity index (χ0n) is 5.58. The van der Waals surface area contributed by atoms with E-state index in [0.29, 0.717) is 6.61 Å². The Balaban J connectivity index is 2.51. The lowest BCUT2D eigenvalue weighted by Crippen LogP contribution is -1.94. The number of fused-ring (bicyclic) bond motifs is 1. The van der Waals surface area contributed by atoms with Gasteiger partial charge in [0, 0.05) is 12.1 Å². The second-order valence-electron chi connectivity index (χ2n) is 2.39. The third kappa shape index (κ3) is 0.685. The fraction of sp³-hybridized carbons (Fsp3) is 0.250. The summed E-state index contributed by atoms with van der Waals surface area (Å²) < 4.78 is 5.29.